The van der Waals surface area contributed by atoms with Gasteiger partial charge in [0.25, 0.3) is 0 Å². The predicted octanol–water partition coefficient (Wildman–Crippen LogP) is 2.57. The van der Waals surface area contributed by atoms with Gasteiger partial charge in [-0.25, -0.2) is 0 Å². The molecule has 3 heterocycles. The van der Waals surface area contributed by atoms with Crippen molar-refractivity contribution in [2.75, 3.05) is 13.7 Å². The van der Waals surface area contributed by atoms with E-state index in [4.69, 9.17) is 4.74 Å². The maximum atomic E-state index is 13.1. The number of nitrogens with zero attached hydrogens (tertiary/aromatic N) is 1. The molecule has 1 saturated heterocycles. The molecule has 1 aromatic carbocycles. The van der Waals surface area contributed by atoms with Crippen molar-refractivity contribution in [3.63, 3.8) is 0 Å². The Morgan fingerprint density at radius 2 is 2.21 bits per heavy atom. The standard InChI is InChI=1S/C19H20N2O3/c1-3-18-10-19(18,17(23)24-2)16(22)21-9-8-12-11-6-4-5-7-13(11)20-14(12)15(18)21/h4-7,15,20H,3,8-10H2,1-2H3/t15-,18-,19+/m1/s1. The molecule has 1 N–H and O–H groups in total. The Morgan fingerprint density at radius 3 is 2.96 bits per heavy atom. The van der Waals surface area contributed by atoms with Crippen molar-refractivity contribution < 1.29 is 14.3 Å². The Hall–Kier alpha value is -2.30. The number of H-pyrrole nitrogens is 1. The molecule has 0 spiro atoms. The number of amides is 1. The van der Waals surface area contributed by atoms with Gasteiger partial charge in [-0.1, -0.05) is 25.1 Å². The summed E-state index contributed by atoms with van der Waals surface area (Å²) in [4.78, 5) is 31.1. The van der Waals surface area contributed by atoms with Gasteiger partial charge in [-0.3, -0.25) is 9.59 Å². The number of fused-ring (bicyclic) bond motifs is 7. The number of aromatic nitrogens is 1. The maximum absolute atomic E-state index is 13.1. The van der Waals surface area contributed by atoms with Gasteiger partial charge in [-0.2, -0.15) is 0 Å². The number of rotatable bonds is 2. The normalized spacial score (nSPS) is 33.2. The van der Waals surface area contributed by atoms with E-state index in [9.17, 15) is 9.59 Å². The molecule has 1 aromatic heterocycles. The van der Waals surface area contributed by atoms with E-state index in [-0.39, 0.29) is 23.3 Å². The molecule has 3 atom stereocenters. The van der Waals surface area contributed by atoms with Crippen molar-refractivity contribution in [3.05, 3.63) is 35.5 Å². The summed E-state index contributed by atoms with van der Waals surface area (Å²) in [5.41, 5.74) is 2.26. The number of methoxy groups -OCH3 is 1. The topological polar surface area (TPSA) is 62.4 Å². The average molecular weight is 324 g/mol. The van der Waals surface area contributed by atoms with Crippen LogP contribution in [-0.2, 0) is 20.7 Å². The summed E-state index contributed by atoms with van der Waals surface area (Å²) in [7, 11) is 1.38. The minimum absolute atomic E-state index is 0.0366. The van der Waals surface area contributed by atoms with Crippen molar-refractivity contribution in [2.24, 2.45) is 10.8 Å². The quantitative estimate of drug-likeness (QED) is 0.682. The van der Waals surface area contributed by atoms with Crippen LogP contribution in [0.25, 0.3) is 10.9 Å². The molecule has 0 unspecified atom stereocenters. The summed E-state index contributed by atoms with van der Waals surface area (Å²) in [6.45, 7) is 2.76. The first-order valence-electron chi connectivity index (χ1n) is 8.59. The molecular formula is C19H20N2O3. The fourth-order valence-corrected chi connectivity index (χ4v) is 5.48. The number of esters is 1. The van der Waals surface area contributed by atoms with Crippen LogP contribution >= 0.6 is 0 Å². The highest BCUT2D eigenvalue weighted by atomic mass is 16.5. The summed E-state index contributed by atoms with van der Waals surface area (Å²) in [6.07, 6.45) is 2.24. The number of ether oxygens (including phenoxy) is 1. The second-order valence-corrected chi connectivity index (χ2v) is 7.30. The molecule has 1 aliphatic carbocycles. The van der Waals surface area contributed by atoms with E-state index in [0.717, 1.165) is 24.1 Å². The summed E-state index contributed by atoms with van der Waals surface area (Å²) >= 11 is 0. The molecule has 5 nitrogen and oxygen atoms in total. The number of hydrogen-bond acceptors (Lipinski definition) is 3. The Bertz CT molecular complexity index is 901. The lowest BCUT2D eigenvalue weighted by Gasteiger charge is -2.35. The Balaban J connectivity index is 1.73. The number of carbonyl (C=O) groups excluding carboxylic acids is 2. The molecule has 2 aromatic rings. The van der Waals surface area contributed by atoms with E-state index in [0.29, 0.717) is 13.0 Å². The van der Waals surface area contributed by atoms with Gasteiger partial charge < -0.3 is 14.6 Å². The highest BCUT2D eigenvalue weighted by molar-refractivity contribution is 6.10. The van der Waals surface area contributed by atoms with Gasteiger partial charge in [0.2, 0.25) is 5.91 Å². The lowest BCUT2D eigenvalue weighted by Crippen LogP contribution is -2.40. The molecule has 0 bridgehead atoms. The fourth-order valence-electron chi connectivity index (χ4n) is 5.48. The molecule has 24 heavy (non-hydrogen) atoms. The van der Waals surface area contributed by atoms with Gasteiger partial charge in [0.1, 0.15) is 0 Å². The van der Waals surface area contributed by atoms with Crippen molar-refractivity contribution >= 4 is 22.8 Å². The molecule has 0 radical (unpaired) electrons. The van der Waals surface area contributed by atoms with E-state index >= 15 is 0 Å². The third-order valence-corrected chi connectivity index (χ3v) is 6.65. The number of hydrogen-bond donors (Lipinski definition) is 1. The van der Waals surface area contributed by atoms with Crippen LogP contribution in [0.15, 0.2) is 24.3 Å². The number of carbonyl (C=O) groups is 2. The first-order chi connectivity index (χ1) is 11.6. The lowest BCUT2D eigenvalue weighted by atomic mass is 9.83. The minimum atomic E-state index is -0.958. The van der Waals surface area contributed by atoms with Crippen molar-refractivity contribution in [2.45, 2.75) is 32.2 Å². The van der Waals surface area contributed by atoms with E-state index in [2.05, 4.69) is 24.0 Å². The Kier molecular flexibility index (Phi) is 2.47. The third kappa shape index (κ3) is 1.27. The van der Waals surface area contributed by atoms with Crippen LogP contribution in [0.5, 0.6) is 0 Å². The van der Waals surface area contributed by atoms with Crippen LogP contribution < -0.4 is 0 Å². The molecule has 124 valence electrons. The van der Waals surface area contributed by atoms with Crippen LogP contribution in [0.1, 0.15) is 37.1 Å². The molecule has 2 aliphatic heterocycles. The van der Waals surface area contributed by atoms with Gasteiger partial charge in [0.15, 0.2) is 5.41 Å². The third-order valence-electron chi connectivity index (χ3n) is 6.65. The van der Waals surface area contributed by atoms with Crippen molar-refractivity contribution in [1.82, 2.24) is 9.88 Å². The summed E-state index contributed by atoms with van der Waals surface area (Å²) in [5.74, 6) is -0.396. The number of aromatic amines is 1. The van der Waals surface area contributed by atoms with Crippen LogP contribution in [0, 0.1) is 10.8 Å². The summed E-state index contributed by atoms with van der Waals surface area (Å²) in [5, 5.41) is 1.24. The zero-order chi connectivity index (χ0) is 16.7. The zero-order valence-corrected chi connectivity index (χ0v) is 13.9. The Labute approximate surface area is 140 Å². The number of para-hydroxylation sites is 1. The van der Waals surface area contributed by atoms with Gasteiger partial charge in [-0.05, 0) is 30.9 Å². The fraction of sp³-hybridized carbons (Fsp3) is 0.474. The van der Waals surface area contributed by atoms with E-state index in [1.807, 2.05) is 17.0 Å². The van der Waals surface area contributed by atoms with E-state index in [1.54, 1.807) is 0 Å². The highest BCUT2D eigenvalue weighted by Gasteiger charge is 2.85. The molecule has 1 amide bonds. The lowest BCUT2D eigenvalue weighted by molar-refractivity contribution is -0.154. The second-order valence-electron chi connectivity index (χ2n) is 7.30. The molecular weight excluding hydrogens is 304 g/mol. The van der Waals surface area contributed by atoms with Gasteiger partial charge in [-0.15, -0.1) is 0 Å². The van der Waals surface area contributed by atoms with Gasteiger partial charge in [0, 0.05) is 28.6 Å². The largest absolute Gasteiger partial charge is 0.468 e. The summed E-state index contributed by atoms with van der Waals surface area (Å²) in [6, 6.07) is 8.25. The van der Waals surface area contributed by atoms with Gasteiger partial charge in [0.05, 0.1) is 13.2 Å². The molecule has 3 aliphatic rings. The number of nitrogens with one attached hydrogen (secondary N) is 1. The van der Waals surface area contributed by atoms with Gasteiger partial charge >= 0.3 is 5.97 Å². The molecule has 5 heteroatoms. The number of benzene rings is 1. The van der Waals surface area contributed by atoms with E-state index < -0.39 is 5.41 Å². The number of piperidine rings is 1. The minimum Gasteiger partial charge on any atom is -0.468 e. The average Bonchev–Trinajstić information content (AvgIpc) is 3.09. The van der Waals surface area contributed by atoms with Crippen molar-refractivity contribution in [3.8, 4) is 0 Å². The summed E-state index contributed by atoms with van der Waals surface area (Å²) < 4.78 is 5.03. The first kappa shape index (κ1) is 14.1. The maximum Gasteiger partial charge on any atom is 0.322 e. The SMILES string of the molecule is CC[C@]12C[C@@]1(C(=O)OC)C(=O)N1CCc3c([nH]c4ccccc34)[C@@H]12. The molecule has 5 rings (SSSR count). The highest BCUT2D eigenvalue weighted by Crippen LogP contribution is 2.78. The van der Waals surface area contributed by atoms with Crippen molar-refractivity contribution in [1.29, 1.82) is 0 Å². The zero-order valence-electron chi connectivity index (χ0n) is 13.9. The van der Waals surface area contributed by atoms with Crippen LogP contribution in [0.4, 0.5) is 0 Å². The first-order valence-corrected chi connectivity index (χ1v) is 8.59. The molecule has 2 fully saturated rings. The Morgan fingerprint density at radius 1 is 1.42 bits per heavy atom. The second kappa shape index (κ2) is 4.21. The van der Waals surface area contributed by atoms with E-state index in [1.165, 1.54) is 18.1 Å². The van der Waals surface area contributed by atoms with Crippen LogP contribution in [0.3, 0.4) is 0 Å². The smallest absolute Gasteiger partial charge is 0.322 e. The van der Waals surface area contributed by atoms with Crippen LogP contribution in [0.2, 0.25) is 0 Å². The molecule has 1 saturated carbocycles. The van der Waals surface area contributed by atoms with Crippen LogP contribution in [-0.4, -0.2) is 35.4 Å². The predicted molar refractivity (Wildman–Crippen MR) is 88.2 cm³/mol. The monoisotopic (exact) mass is 324 g/mol.